The number of nitrogens with zero attached hydrogens (tertiary/aromatic N) is 3. The molecule has 0 saturated carbocycles. The summed E-state index contributed by atoms with van der Waals surface area (Å²) in [6, 6.07) is 0. The van der Waals surface area contributed by atoms with Gasteiger partial charge in [0, 0.05) is 12.5 Å². The fourth-order valence-electron chi connectivity index (χ4n) is 3.37. The lowest BCUT2D eigenvalue weighted by Gasteiger charge is -2.44. The van der Waals surface area contributed by atoms with Gasteiger partial charge in [0.25, 0.3) is 0 Å². The number of hydrogen-bond acceptors (Lipinski definition) is 9. The largest absolute Gasteiger partial charge is 0.479 e. The monoisotopic (exact) mass is 433 g/mol. The van der Waals surface area contributed by atoms with Crippen LogP contribution in [0.3, 0.4) is 0 Å². The van der Waals surface area contributed by atoms with Gasteiger partial charge in [0.15, 0.2) is 12.2 Å². The number of aliphatic hydroxyl groups excluding tert-OH is 2. The van der Waals surface area contributed by atoms with Gasteiger partial charge in [-0.2, -0.15) is 8.75 Å². The molecule has 1 aromatic heterocycles. The standard InChI is InChI=1S/C13H21N3S2.C4H6O6/c1-2-3-8-17-13-12(14-18-15-13)11-9-16-6-4-10(11)5-7-16;5-1(3(7)8)2(6)4(9)10/h10-11H,2-9H2,1H3;1-2,5-6H,(H,7,8)(H,9,10)/t;1-,2-/m.1/s1. The van der Waals surface area contributed by atoms with E-state index in [9.17, 15) is 9.59 Å². The lowest BCUT2D eigenvalue weighted by molar-refractivity contribution is -0.165. The van der Waals surface area contributed by atoms with Crippen LogP contribution in [0.25, 0.3) is 0 Å². The number of carboxylic acid groups (broad SMARTS) is 2. The molecule has 3 aliphatic heterocycles. The number of unbranched alkanes of at least 4 members (excludes halogenated alkanes) is 1. The number of carbonyl (C=O) groups is 2. The highest BCUT2D eigenvalue weighted by atomic mass is 32.2. The summed E-state index contributed by atoms with van der Waals surface area (Å²) >= 11 is 3.32. The summed E-state index contributed by atoms with van der Waals surface area (Å²) in [5, 5.41) is 33.8. The van der Waals surface area contributed by atoms with Gasteiger partial charge >= 0.3 is 11.9 Å². The highest BCUT2D eigenvalue weighted by Crippen LogP contribution is 2.41. The Morgan fingerprint density at radius 3 is 2.25 bits per heavy atom. The summed E-state index contributed by atoms with van der Waals surface area (Å²) in [6.45, 7) is 6.07. The van der Waals surface area contributed by atoms with E-state index in [4.69, 9.17) is 20.4 Å². The maximum Gasteiger partial charge on any atom is 0.335 e. The average Bonchev–Trinajstić information content (AvgIpc) is 3.16. The predicted octanol–water partition coefficient (Wildman–Crippen LogP) is 1.12. The molecule has 0 amide bonds. The van der Waals surface area contributed by atoms with Crippen molar-refractivity contribution in [3.63, 3.8) is 0 Å². The SMILES string of the molecule is CCCCSc1nsnc1C1CN2CCC1CC2.O=C(O)[C@H](O)[C@@H](O)C(=O)O. The first-order valence-corrected chi connectivity index (χ1v) is 11.1. The third-order valence-electron chi connectivity index (χ3n) is 5.03. The zero-order valence-electron chi connectivity index (χ0n) is 15.7. The zero-order valence-corrected chi connectivity index (χ0v) is 17.4. The van der Waals surface area contributed by atoms with Crippen molar-refractivity contribution in [3.05, 3.63) is 5.69 Å². The molecule has 4 heterocycles. The van der Waals surface area contributed by atoms with Crippen molar-refractivity contribution in [1.82, 2.24) is 13.6 Å². The highest BCUT2D eigenvalue weighted by molar-refractivity contribution is 7.99. The summed E-state index contributed by atoms with van der Waals surface area (Å²) in [5.74, 6) is -0.819. The molecule has 3 aliphatic rings. The van der Waals surface area contributed by atoms with Crippen LogP contribution in [0.5, 0.6) is 0 Å². The fraction of sp³-hybridized carbons (Fsp3) is 0.765. The van der Waals surface area contributed by atoms with Crippen molar-refractivity contribution >= 4 is 35.4 Å². The van der Waals surface area contributed by atoms with Crippen LogP contribution in [-0.2, 0) is 9.59 Å². The van der Waals surface area contributed by atoms with E-state index in [0.717, 1.165) is 5.92 Å². The Morgan fingerprint density at radius 1 is 1.18 bits per heavy atom. The van der Waals surface area contributed by atoms with E-state index in [1.807, 2.05) is 11.8 Å². The molecule has 0 aliphatic carbocycles. The summed E-state index contributed by atoms with van der Waals surface area (Å²) < 4.78 is 9.14. The van der Waals surface area contributed by atoms with Gasteiger partial charge in [-0.1, -0.05) is 13.3 Å². The number of fused-ring (bicyclic) bond motifs is 3. The topological polar surface area (TPSA) is 144 Å². The zero-order chi connectivity index (χ0) is 20.7. The van der Waals surface area contributed by atoms with Gasteiger partial charge in [0.05, 0.1) is 17.4 Å². The van der Waals surface area contributed by atoms with Crippen molar-refractivity contribution in [2.75, 3.05) is 25.4 Å². The molecule has 2 bridgehead atoms. The van der Waals surface area contributed by atoms with Crippen LogP contribution < -0.4 is 0 Å². The van der Waals surface area contributed by atoms with E-state index in [1.165, 1.54) is 73.5 Å². The van der Waals surface area contributed by atoms with Crippen LogP contribution in [-0.4, -0.2) is 83.6 Å². The van der Waals surface area contributed by atoms with E-state index >= 15 is 0 Å². The number of piperidine rings is 3. The Hall–Kier alpha value is -1.27. The van der Waals surface area contributed by atoms with Gasteiger partial charge in [-0.15, -0.1) is 11.8 Å². The molecule has 158 valence electrons. The number of aliphatic hydroxyl groups is 2. The summed E-state index contributed by atoms with van der Waals surface area (Å²) in [7, 11) is 0. The van der Waals surface area contributed by atoms with E-state index < -0.39 is 24.1 Å². The van der Waals surface area contributed by atoms with E-state index in [-0.39, 0.29) is 0 Å². The van der Waals surface area contributed by atoms with Gasteiger partial charge < -0.3 is 25.3 Å². The first kappa shape index (κ1) is 23.0. The molecule has 3 saturated heterocycles. The first-order chi connectivity index (χ1) is 13.3. The van der Waals surface area contributed by atoms with Gasteiger partial charge in [-0.05, 0) is 44.0 Å². The Labute approximate surface area is 172 Å². The average molecular weight is 434 g/mol. The van der Waals surface area contributed by atoms with Gasteiger partial charge in [0.1, 0.15) is 5.03 Å². The fourth-order valence-corrected chi connectivity index (χ4v) is 5.23. The molecule has 1 aromatic rings. The Balaban J connectivity index is 0.000000242. The summed E-state index contributed by atoms with van der Waals surface area (Å²) in [5.41, 5.74) is 1.32. The molecular weight excluding hydrogens is 406 g/mol. The normalized spacial score (nSPS) is 25.5. The van der Waals surface area contributed by atoms with Crippen LogP contribution in [0.15, 0.2) is 5.03 Å². The molecule has 3 fully saturated rings. The number of rotatable bonds is 8. The Morgan fingerprint density at radius 2 is 1.79 bits per heavy atom. The van der Waals surface area contributed by atoms with Crippen LogP contribution in [0.1, 0.15) is 44.2 Å². The first-order valence-electron chi connectivity index (χ1n) is 9.34. The quantitative estimate of drug-likeness (QED) is 0.348. The van der Waals surface area contributed by atoms with Gasteiger partial charge in [0.2, 0.25) is 0 Å². The lowest BCUT2D eigenvalue weighted by atomic mass is 9.78. The summed E-state index contributed by atoms with van der Waals surface area (Å²) in [4.78, 5) is 22.1. The number of carboxylic acids is 2. The molecule has 0 aromatic carbocycles. The minimum Gasteiger partial charge on any atom is -0.479 e. The van der Waals surface area contributed by atoms with Crippen molar-refractivity contribution in [2.24, 2.45) is 5.92 Å². The third-order valence-corrected chi connectivity index (χ3v) is 6.76. The molecule has 11 heteroatoms. The minimum atomic E-state index is -2.27. The molecular formula is C17H27N3O6S2. The predicted molar refractivity (Wildman–Crippen MR) is 105 cm³/mol. The molecule has 9 nitrogen and oxygen atoms in total. The van der Waals surface area contributed by atoms with Crippen LogP contribution in [0, 0.1) is 5.92 Å². The second-order valence-electron chi connectivity index (χ2n) is 6.97. The van der Waals surface area contributed by atoms with Crippen LogP contribution >= 0.6 is 23.5 Å². The van der Waals surface area contributed by atoms with Crippen molar-refractivity contribution < 1.29 is 30.0 Å². The molecule has 1 unspecified atom stereocenters. The molecule has 4 N–H and O–H groups in total. The number of aliphatic carboxylic acids is 2. The van der Waals surface area contributed by atoms with E-state index in [1.54, 1.807) is 0 Å². The summed E-state index contributed by atoms with van der Waals surface area (Å²) in [6.07, 6.45) is 0.736. The van der Waals surface area contributed by atoms with E-state index in [2.05, 4.69) is 20.6 Å². The molecule has 3 atom stereocenters. The Kier molecular flexibility index (Phi) is 9.09. The van der Waals surface area contributed by atoms with Crippen LogP contribution in [0.4, 0.5) is 0 Å². The van der Waals surface area contributed by atoms with Crippen molar-refractivity contribution in [1.29, 1.82) is 0 Å². The number of thioether (sulfide) groups is 1. The second kappa shape index (κ2) is 11.1. The molecule has 28 heavy (non-hydrogen) atoms. The van der Waals surface area contributed by atoms with E-state index in [0.29, 0.717) is 5.92 Å². The van der Waals surface area contributed by atoms with Crippen molar-refractivity contribution in [3.8, 4) is 0 Å². The number of aromatic nitrogens is 2. The van der Waals surface area contributed by atoms with Crippen LogP contribution in [0.2, 0.25) is 0 Å². The van der Waals surface area contributed by atoms with Gasteiger partial charge in [-0.25, -0.2) is 9.59 Å². The smallest absolute Gasteiger partial charge is 0.335 e. The highest BCUT2D eigenvalue weighted by Gasteiger charge is 2.37. The maximum atomic E-state index is 9.77. The lowest BCUT2D eigenvalue weighted by Crippen LogP contribution is -2.46. The van der Waals surface area contributed by atoms with Crippen molar-refractivity contribution in [2.45, 2.75) is 55.8 Å². The second-order valence-corrected chi connectivity index (χ2v) is 8.58. The third kappa shape index (κ3) is 6.11. The molecule has 0 spiro atoms. The maximum absolute atomic E-state index is 9.77. The molecule has 0 radical (unpaired) electrons. The number of hydrogen-bond donors (Lipinski definition) is 4. The Bertz CT molecular complexity index is 633. The minimum absolute atomic E-state index is 0.662. The molecule has 4 rings (SSSR count). The van der Waals surface area contributed by atoms with Gasteiger partial charge in [-0.3, -0.25) is 0 Å².